The van der Waals surface area contributed by atoms with Crippen LogP contribution in [0.5, 0.6) is 5.75 Å². The third-order valence-electron chi connectivity index (χ3n) is 7.04. The summed E-state index contributed by atoms with van der Waals surface area (Å²) in [5, 5.41) is 5.65. The van der Waals surface area contributed by atoms with Gasteiger partial charge in [0.05, 0.1) is 17.3 Å². The minimum absolute atomic E-state index is 0.279. The van der Waals surface area contributed by atoms with Crippen molar-refractivity contribution in [2.75, 3.05) is 12.4 Å². The molecule has 0 spiro atoms. The normalized spacial score (nSPS) is 13.3. The van der Waals surface area contributed by atoms with Crippen molar-refractivity contribution in [1.82, 2.24) is 9.97 Å². The molecule has 0 atom stereocenters. The number of rotatable bonds is 9. The number of carbonyl (C=O) groups excluding carboxylic acids is 1. The van der Waals surface area contributed by atoms with Crippen molar-refractivity contribution >= 4 is 38.8 Å². The molecule has 1 saturated carbocycles. The van der Waals surface area contributed by atoms with Gasteiger partial charge in [-0.2, -0.15) is 0 Å². The second-order valence-corrected chi connectivity index (χ2v) is 10.5. The Labute approximate surface area is 210 Å². The molecule has 1 fully saturated rings. The summed E-state index contributed by atoms with van der Waals surface area (Å²) in [5.74, 6) is 2.55. The molecule has 2 aromatic heterocycles. The van der Waals surface area contributed by atoms with E-state index in [2.05, 4.69) is 59.6 Å². The molecule has 1 N–H and O–H groups in total. The average Bonchev–Trinajstić information content (AvgIpc) is 3.57. The molecule has 180 valence electrons. The minimum Gasteiger partial charge on any atom is -0.496 e. The molecule has 6 heteroatoms. The van der Waals surface area contributed by atoms with Crippen LogP contribution in [0.4, 0.5) is 11.5 Å². The number of nitrogens with one attached hydrogen (secondary N) is 1. The summed E-state index contributed by atoms with van der Waals surface area (Å²) in [6.07, 6.45) is 6.47. The van der Waals surface area contributed by atoms with Crippen molar-refractivity contribution in [2.45, 2.75) is 52.9 Å². The third-order valence-corrected chi connectivity index (χ3v) is 8.06. The van der Waals surface area contributed by atoms with Gasteiger partial charge in [-0.25, -0.2) is 9.97 Å². The van der Waals surface area contributed by atoms with Crippen LogP contribution in [0.2, 0.25) is 0 Å². The van der Waals surface area contributed by atoms with Gasteiger partial charge in [-0.05, 0) is 97.7 Å². The molecule has 2 heterocycles. The predicted molar refractivity (Wildman–Crippen MR) is 143 cm³/mol. The molecule has 5 rings (SSSR count). The Morgan fingerprint density at radius 2 is 1.86 bits per heavy atom. The van der Waals surface area contributed by atoms with E-state index < -0.39 is 0 Å². The zero-order valence-electron chi connectivity index (χ0n) is 20.8. The Bertz CT molecular complexity index is 1400. The van der Waals surface area contributed by atoms with E-state index in [1.165, 1.54) is 29.5 Å². The second-order valence-electron chi connectivity index (χ2n) is 9.62. The first-order chi connectivity index (χ1) is 16.9. The molecular weight excluding hydrogens is 454 g/mol. The lowest BCUT2D eigenvalue weighted by Gasteiger charge is -2.12. The van der Waals surface area contributed by atoms with Crippen molar-refractivity contribution in [3.05, 3.63) is 75.4 Å². The van der Waals surface area contributed by atoms with Gasteiger partial charge in [0.1, 0.15) is 12.1 Å². The molecule has 0 saturated heterocycles. The average molecular weight is 486 g/mol. The Hall–Kier alpha value is -3.25. The fourth-order valence-corrected chi connectivity index (χ4v) is 5.50. The maximum absolute atomic E-state index is 12.6. The first-order valence-corrected chi connectivity index (χ1v) is 13.1. The van der Waals surface area contributed by atoms with Crippen LogP contribution >= 0.6 is 11.3 Å². The van der Waals surface area contributed by atoms with Crippen LogP contribution in [-0.2, 0) is 12.8 Å². The number of methoxy groups -OCH3 is 1. The third kappa shape index (κ3) is 5.08. The smallest absolute Gasteiger partial charge is 0.163 e. The number of Topliss-reactive ketones (excluding diaryl/α,β-unsaturated/α-hetero) is 1. The summed E-state index contributed by atoms with van der Waals surface area (Å²) >= 11 is 1.67. The molecule has 0 unspecified atom stereocenters. The molecule has 0 aliphatic heterocycles. The number of anilines is 2. The van der Waals surface area contributed by atoms with Crippen LogP contribution in [0, 0.1) is 26.7 Å². The van der Waals surface area contributed by atoms with Gasteiger partial charge in [0.15, 0.2) is 11.6 Å². The molecular formula is C29H31N3O2S. The van der Waals surface area contributed by atoms with Crippen LogP contribution in [0.15, 0.2) is 42.0 Å². The second kappa shape index (κ2) is 9.78. The van der Waals surface area contributed by atoms with Gasteiger partial charge in [-0.15, -0.1) is 11.3 Å². The van der Waals surface area contributed by atoms with Crippen LogP contribution in [0.1, 0.15) is 57.4 Å². The van der Waals surface area contributed by atoms with Crippen molar-refractivity contribution in [1.29, 1.82) is 0 Å². The highest BCUT2D eigenvalue weighted by Crippen LogP contribution is 2.35. The summed E-state index contributed by atoms with van der Waals surface area (Å²) < 4.78 is 6.58. The maximum Gasteiger partial charge on any atom is 0.163 e. The number of nitrogens with zero attached hydrogens (tertiary/aromatic N) is 2. The first kappa shape index (κ1) is 23.5. The first-order valence-electron chi connectivity index (χ1n) is 12.2. The Balaban J connectivity index is 1.35. The van der Waals surface area contributed by atoms with Crippen molar-refractivity contribution in [3.8, 4) is 5.75 Å². The lowest BCUT2D eigenvalue weighted by Crippen LogP contribution is -2.03. The van der Waals surface area contributed by atoms with Gasteiger partial charge in [0.2, 0.25) is 0 Å². The number of hydrogen-bond acceptors (Lipinski definition) is 6. The zero-order valence-corrected chi connectivity index (χ0v) is 21.6. The number of ketones is 1. The molecule has 4 aromatic rings. The Morgan fingerprint density at radius 3 is 2.63 bits per heavy atom. The number of aryl methyl sites for hydroxylation is 4. The number of ether oxygens (including phenoxy) is 1. The molecule has 5 nitrogen and oxygen atoms in total. The molecule has 2 aromatic carbocycles. The predicted octanol–water partition coefficient (Wildman–Crippen LogP) is 7.14. The van der Waals surface area contributed by atoms with E-state index in [1.807, 2.05) is 12.1 Å². The highest BCUT2D eigenvalue weighted by Gasteiger charge is 2.25. The Morgan fingerprint density at radius 1 is 1.06 bits per heavy atom. The van der Waals surface area contributed by atoms with Crippen molar-refractivity contribution in [2.24, 2.45) is 5.92 Å². The molecule has 0 amide bonds. The fourth-order valence-electron chi connectivity index (χ4n) is 4.50. The number of carbonyl (C=O) groups is 1. The van der Waals surface area contributed by atoms with E-state index in [1.54, 1.807) is 24.8 Å². The largest absolute Gasteiger partial charge is 0.496 e. The number of benzene rings is 2. The van der Waals surface area contributed by atoms with Crippen LogP contribution in [-0.4, -0.2) is 22.9 Å². The molecule has 0 bridgehead atoms. The highest BCUT2D eigenvalue weighted by molar-refractivity contribution is 7.18. The molecule has 0 radical (unpaired) electrons. The van der Waals surface area contributed by atoms with Crippen LogP contribution < -0.4 is 10.1 Å². The lowest BCUT2D eigenvalue weighted by molar-refractivity contribution is 0.0976. The summed E-state index contributed by atoms with van der Waals surface area (Å²) in [6.45, 7) is 6.27. The number of hydrogen-bond donors (Lipinski definition) is 1. The van der Waals surface area contributed by atoms with Gasteiger partial charge < -0.3 is 10.1 Å². The summed E-state index contributed by atoms with van der Waals surface area (Å²) in [5.41, 5.74) is 8.77. The standard InChI is InChI=1S/C29H31N3O2S/c1-17-5-8-22(25(33)12-20-6-7-20)13-21(17)9-10-23-15-35-28-27(23)30-16-31-29(28)32-24-11-18(2)19(3)26(14-24)34-4/h5,8,11,13-16,20H,6-7,9-10,12H2,1-4H3,(H,30,31,32). The van der Waals surface area contributed by atoms with Gasteiger partial charge in [-0.1, -0.05) is 12.1 Å². The lowest BCUT2D eigenvalue weighted by atomic mass is 9.96. The summed E-state index contributed by atoms with van der Waals surface area (Å²) in [6, 6.07) is 10.3. The van der Waals surface area contributed by atoms with E-state index in [4.69, 9.17) is 4.74 Å². The van der Waals surface area contributed by atoms with Gasteiger partial charge in [0, 0.05) is 23.7 Å². The van der Waals surface area contributed by atoms with Gasteiger partial charge >= 0.3 is 0 Å². The summed E-state index contributed by atoms with van der Waals surface area (Å²) in [4.78, 5) is 21.7. The summed E-state index contributed by atoms with van der Waals surface area (Å²) in [7, 11) is 1.69. The fraction of sp³-hybridized carbons (Fsp3) is 0.345. The molecule has 1 aliphatic rings. The van der Waals surface area contributed by atoms with E-state index in [0.717, 1.165) is 57.0 Å². The molecule has 35 heavy (non-hydrogen) atoms. The monoisotopic (exact) mass is 485 g/mol. The van der Waals surface area contributed by atoms with Crippen molar-refractivity contribution < 1.29 is 9.53 Å². The van der Waals surface area contributed by atoms with E-state index >= 15 is 0 Å². The zero-order chi connectivity index (χ0) is 24.5. The highest BCUT2D eigenvalue weighted by atomic mass is 32.1. The maximum atomic E-state index is 12.6. The topological polar surface area (TPSA) is 64.1 Å². The Kier molecular flexibility index (Phi) is 6.56. The van der Waals surface area contributed by atoms with Gasteiger partial charge in [0.25, 0.3) is 0 Å². The minimum atomic E-state index is 0.279. The van der Waals surface area contributed by atoms with Crippen LogP contribution in [0.3, 0.4) is 0 Å². The van der Waals surface area contributed by atoms with E-state index in [9.17, 15) is 4.79 Å². The van der Waals surface area contributed by atoms with Crippen molar-refractivity contribution in [3.63, 3.8) is 0 Å². The number of aromatic nitrogens is 2. The quantitative estimate of drug-likeness (QED) is 0.255. The number of fused-ring (bicyclic) bond motifs is 1. The van der Waals surface area contributed by atoms with E-state index in [-0.39, 0.29) is 5.78 Å². The van der Waals surface area contributed by atoms with E-state index in [0.29, 0.717) is 12.3 Å². The SMILES string of the molecule is COc1cc(Nc2ncnc3c(CCc4cc(C(=O)CC5CC5)ccc4C)csc23)cc(C)c1C. The number of thiophene rings is 1. The van der Waals surface area contributed by atoms with Gasteiger partial charge in [-0.3, -0.25) is 4.79 Å². The molecule has 1 aliphatic carbocycles. The van der Waals surface area contributed by atoms with Crippen LogP contribution in [0.25, 0.3) is 10.2 Å².